The highest BCUT2D eigenvalue weighted by atomic mass is 16.5. The quantitative estimate of drug-likeness (QED) is 0.581. The molecule has 0 amide bonds. The van der Waals surface area contributed by atoms with E-state index in [4.69, 9.17) is 13.6 Å². The van der Waals surface area contributed by atoms with Crippen molar-refractivity contribution < 1.29 is 18.4 Å². The number of hydrogen-bond donors (Lipinski definition) is 1. The van der Waals surface area contributed by atoms with Crippen LogP contribution in [0, 0.1) is 0 Å². The van der Waals surface area contributed by atoms with Gasteiger partial charge in [0, 0.05) is 6.42 Å². The average Bonchev–Trinajstić information content (AvgIpc) is 3.09. The first-order valence-corrected chi connectivity index (χ1v) is 6.52. The number of esters is 1. The van der Waals surface area contributed by atoms with E-state index in [1.807, 2.05) is 0 Å². The SMILES string of the molecule is CCOC(=O)CCCNCc1nnc(-c2ccco2)o1. The molecule has 0 bridgehead atoms. The summed E-state index contributed by atoms with van der Waals surface area (Å²) in [5.74, 6) is 1.21. The van der Waals surface area contributed by atoms with Gasteiger partial charge >= 0.3 is 5.97 Å². The maximum atomic E-state index is 11.1. The van der Waals surface area contributed by atoms with Crippen LogP contribution in [0.15, 0.2) is 27.2 Å². The highest BCUT2D eigenvalue weighted by molar-refractivity contribution is 5.69. The minimum absolute atomic E-state index is 0.174. The van der Waals surface area contributed by atoms with Crippen LogP contribution < -0.4 is 5.32 Å². The summed E-state index contributed by atoms with van der Waals surface area (Å²) in [6.07, 6.45) is 2.66. The fourth-order valence-corrected chi connectivity index (χ4v) is 1.61. The van der Waals surface area contributed by atoms with E-state index in [0.717, 1.165) is 0 Å². The van der Waals surface area contributed by atoms with Crippen LogP contribution in [0.4, 0.5) is 0 Å². The summed E-state index contributed by atoms with van der Waals surface area (Å²) in [5.41, 5.74) is 0. The molecule has 0 aliphatic carbocycles. The lowest BCUT2D eigenvalue weighted by atomic mass is 10.3. The van der Waals surface area contributed by atoms with Crippen molar-refractivity contribution in [3.63, 3.8) is 0 Å². The van der Waals surface area contributed by atoms with Crippen molar-refractivity contribution in [3.8, 4) is 11.7 Å². The molecule has 0 saturated heterocycles. The molecular formula is C13H17N3O4. The van der Waals surface area contributed by atoms with Gasteiger partial charge in [-0.05, 0) is 32.0 Å². The molecule has 108 valence electrons. The second-order valence-corrected chi connectivity index (χ2v) is 4.06. The molecule has 0 saturated carbocycles. The Morgan fingerprint density at radius 2 is 2.35 bits per heavy atom. The van der Waals surface area contributed by atoms with Gasteiger partial charge in [0.05, 0.1) is 19.4 Å². The number of nitrogens with zero attached hydrogens (tertiary/aromatic N) is 2. The highest BCUT2D eigenvalue weighted by Crippen LogP contribution is 2.17. The third-order valence-corrected chi connectivity index (χ3v) is 2.51. The normalized spacial score (nSPS) is 10.7. The van der Waals surface area contributed by atoms with Crippen molar-refractivity contribution >= 4 is 5.97 Å². The van der Waals surface area contributed by atoms with Crippen LogP contribution in [-0.2, 0) is 16.1 Å². The summed E-state index contributed by atoms with van der Waals surface area (Å²) in [6.45, 7) is 3.35. The van der Waals surface area contributed by atoms with Crippen molar-refractivity contribution in [2.24, 2.45) is 0 Å². The number of ether oxygens (including phenoxy) is 1. The van der Waals surface area contributed by atoms with E-state index in [1.54, 1.807) is 25.3 Å². The fourth-order valence-electron chi connectivity index (χ4n) is 1.61. The van der Waals surface area contributed by atoms with E-state index in [-0.39, 0.29) is 5.97 Å². The first kappa shape index (κ1) is 14.3. The molecule has 7 heteroatoms. The zero-order valence-corrected chi connectivity index (χ0v) is 11.3. The lowest BCUT2D eigenvalue weighted by Gasteiger charge is -2.02. The van der Waals surface area contributed by atoms with Crippen molar-refractivity contribution in [1.82, 2.24) is 15.5 Å². The number of nitrogens with one attached hydrogen (secondary N) is 1. The van der Waals surface area contributed by atoms with Gasteiger partial charge in [0.1, 0.15) is 0 Å². The van der Waals surface area contributed by atoms with Gasteiger partial charge in [-0.2, -0.15) is 0 Å². The van der Waals surface area contributed by atoms with E-state index in [2.05, 4.69) is 15.5 Å². The molecule has 20 heavy (non-hydrogen) atoms. The van der Waals surface area contributed by atoms with Crippen molar-refractivity contribution in [2.45, 2.75) is 26.3 Å². The van der Waals surface area contributed by atoms with E-state index in [0.29, 0.717) is 50.1 Å². The Balaban J connectivity index is 1.66. The van der Waals surface area contributed by atoms with Gasteiger partial charge in [-0.25, -0.2) is 0 Å². The zero-order valence-electron chi connectivity index (χ0n) is 11.3. The summed E-state index contributed by atoms with van der Waals surface area (Å²) in [7, 11) is 0. The van der Waals surface area contributed by atoms with Crippen LogP contribution in [0.5, 0.6) is 0 Å². The molecule has 1 N–H and O–H groups in total. The Hall–Kier alpha value is -2.15. The standard InChI is InChI=1S/C13H17N3O4/c1-2-18-12(17)6-3-7-14-9-11-15-16-13(20-11)10-5-4-8-19-10/h4-5,8,14H,2-3,6-7,9H2,1H3. The third kappa shape index (κ3) is 4.20. The third-order valence-electron chi connectivity index (χ3n) is 2.51. The summed E-state index contributed by atoms with van der Waals surface area (Å²) < 4.78 is 15.4. The van der Waals surface area contributed by atoms with E-state index >= 15 is 0 Å². The Morgan fingerprint density at radius 3 is 3.10 bits per heavy atom. The minimum Gasteiger partial charge on any atom is -0.466 e. The highest BCUT2D eigenvalue weighted by Gasteiger charge is 2.10. The van der Waals surface area contributed by atoms with Gasteiger partial charge in [0.15, 0.2) is 5.76 Å². The Bertz CT molecular complexity index is 521. The Kier molecular flexibility index (Phi) is 5.31. The summed E-state index contributed by atoms with van der Waals surface area (Å²) in [6, 6.07) is 3.51. The predicted octanol–water partition coefficient (Wildman–Crippen LogP) is 1.76. The number of carbonyl (C=O) groups excluding carboxylic acids is 1. The molecule has 0 fully saturated rings. The molecule has 0 aliphatic rings. The second-order valence-electron chi connectivity index (χ2n) is 4.06. The van der Waals surface area contributed by atoms with Crippen LogP contribution in [0.1, 0.15) is 25.7 Å². The van der Waals surface area contributed by atoms with Crippen LogP contribution >= 0.6 is 0 Å². The molecule has 0 atom stereocenters. The zero-order chi connectivity index (χ0) is 14.2. The molecule has 2 aromatic heterocycles. The maximum Gasteiger partial charge on any atom is 0.305 e. The monoisotopic (exact) mass is 279 g/mol. The van der Waals surface area contributed by atoms with Gasteiger partial charge in [0.2, 0.25) is 5.89 Å². The molecule has 0 spiro atoms. The molecule has 0 aliphatic heterocycles. The van der Waals surface area contributed by atoms with Gasteiger partial charge < -0.3 is 18.9 Å². The lowest BCUT2D eigenvalue weighted by molar-refractivity contribution is -0.143. The van der Waals surface area contributed by atoms with Crippen LogP contribution in [0.3, 0.4) is 0 Å². The predicted molar refractivity (Wildman–Crippen MR) is 69.6 cm³/mol. The second kappa shape index (κ2) is 7.44. The number of rotatable bonds is 8. The van der Waals surface area contributed by atoms with Crippen molar-refractivity contribution in [3.05, 3.63) is 24.3 Å². The number of carbonyl (C=O) groups is 1. The molecule has 2 heterocycles. The number of aromatic nitrogens is 2. The van der Waals surface area contributed by atoms with Crippen LogP contribution in [-0.4, -0.2) is 29.3 Å². The average molecular weight is 279 g/mol. The Morgan fingerprint density at radius 1 is 1.45 bits per heavy atom. The molecule has 2 rings (SSSR count). The molecule has 0 unspecified atom stereocenters. The molecule has 0 aromatic carbocycles. The van der Waals surface area contributed by atoms with Crippen molar-refractivity contribution in [1.29, 1.82) is 0 Å². The first-order valence-electron chi connectivity index (χ1n) is 6.52. The maximum absolute atomic E-state index is 11.1. The molecule has 2 aromatic rings. The molecule has 0 radical (unpaired) electrons. The minimum atomic E-state index is -0.174. The van der Waals surface area contributed by atoms with Crippen LogP contribution in [0.25, 0.3) is 11.7 Å². The Labute approximate surface area is 116 Å². The summed E-state index contributed by atoms with van der Waals surface area (Å²) >= 11 is 0. The number of furan rings is 1. The topological polar surface area (TPSA) is 90.4 Å². The van der Waals surface area contributed by atoms with Gasteiger partial charge in [-0.1, -0.05) is 0 Å². The largest absolute Gasteiger partial charge is 0.466 e. The molecule has 7 nitrogen and oxygen atoms in total. The van der Waals surface area contributed by atoms with Crippen LogP contribution in [0.2, 0.25) is 0 Å². The van der Waals surface area contributed by atoms with E-state index in [1.165, 1.54) is 0 Å². The van der Waals surface area contributed by atoms with Crippen molar-refractivity contribution in [2.75, 3.05) is 13.2 Å². The van der Waals surface area contributed by atoms with Gasteiger partial charge in [-0.3, -0.25) is 4.79 Å². The summed E-state index contributed by atoms with van der Waals surface area (Å²) in [5, 5.41) is 10.9. The van der Waals surface area contributed by atoms with Gasteiger partial charge in [-0.15, -0.1) is 10.2 Å². The fraction of sp³-hybridized carbons (Fsp3) is 0.462. The van der Waals surface area contributed by atoms with E-state index < -0.39 is 0 Å². The lowest BCUT2D eigenvalue weighted by Crippen LogP contribution is -2.16. The molecular weight excluding hydrogens is 262 g/mol. The van der Waals surface area contributed by atoms with Gasteiger partial charge in [0.25, 0.3) is 5.89 Å². The number of hydrogen-bond acceptors (Lipinski definition) is 7. The smallest absolute Gasteiger partial charge is 0.305 e. The van der Waals surface area contributed by atoms with E-state index in [9.17, 15) is 4.79 Å². The first-order chi connectivity index (χ1) is 9.79. The summed E-state index contributed by atoms with van der Waals surface area (Å²) in [4.78, 5) is 11.1.